The SMILES string of the molecule is COc1ccc(C(=O)c2c(C)n(Cc3ccccc3NC(C)=O)c3nc(OC)ccc23)cc1. The molecule has 0 spiro atoms. The van der Waals surface area contributed by atoms with Gasteiger partial charge >= 0.3 is 0 Å². The molecule has 2 heterocycles. The number of nitrogens with zero attached hydrogens (tertiary/aromatic N) is 2. The molecule has 0 saturated heterocycles. The number of methoxy groups -OCH3 is 2. The number of benzene rings is 2. The van der Waals surface area contributed by atoms with Gasteiger partial charge in [0.25, 0.3) is 0 Å². The van der Waals surface area contributed by atoms with Crippen LogP contribution in [0.4, 0.5) is 5.69 Å². The fraction of sp³-hybridized carbons (Fsp3) is 0.192. The van der Waals surface area contributed by atoms with E-state index in [0.29, 0.717) is 34.9 Å². The standard InChI is InChI=1S/C26H25N3O4/c1-16-24(25(31)18-9-11-20(32-3)12-10-18)21-13-14-23(33-4)28-26(21)29(16)15-19-7-5-6-8-22(19)27-17(2)30/h5-14H,15H2,1-4H3,(H,27,30). The summed E-state index contributed by atoms with van der Waals surface area (Å²) in [6, 6.07) is 18.3. The van der Waals surface area contributed by atoms with Crippen molar-refractivity contribution in [2.45, 2.75) is 20.4 Å². The zero-order valence-corrected chi connectivity index (χ0v) is 19.0. The van der Waals surface area contributed by atoms with Crippen molar-refractivity contribution in [1.29, 1.82) is 0 Å². The van der Waals surface area contributed by atoms with E-state index < -0.39 is 0 Å². The Hall–Kier alpha value is -4.13. The maximum atomic E-state index is 13.5. The number of nitrogens with one attached hydrogen (secondary N) is 1. The molecule has 2 aromatic heterocycles. The Balaban J connectivity index is 1.86. The lowest BCUT2D eigenvalue weighted by atomic mass is 10.0. The van der Waals surface area contributed by atoms with Gasteiger partial charge in [-0.05, 0) is 48.9 Å². The van der Waals surface area contributed by atoms with Crippen molar-refractivity contribution >= 4 is 28.4 Å². The number of ketones is 1. The molecule has 0 atom stereocenters. The summed E-state index contributed by atoms with van der Waals surface area (Å²) in [5.74, 6) is 0.902. The molecule has 4 aromatic rings. The number of rotatable bonds is 7. The number of fused-ring (bicyclic) bond motifs is 1. The molecular formula is C26H25N3O4. The average Bonchev–Trinajstić information content (AvgIpc) is 3.10. The lowest BCUT2D eigenvalue weighted by Crippen LogP contribution is -2.11. The molecule has 1 amide bonds. The van der Waals surface area contributed by atoms with Crippen molar-refractivity contribution < 1.29 is 19.1 Å². The van der Waals surface area contributed by atoms with Crippen LogP contribution in [0.15, 0.2) is 60.7 Å². The first-order valence-corrected chi connectivity index (χ1v) is 10.5. The van der Waals surface area contributed by atoms with Gasteiger partial charge in [-0.1, -0.05) is 18.2 Å². The summed E-state index contributed by atoms with van der Waals surface area (Å²) >= 11 is 0. The second-order valence-electron chi connectivity index (χ2n) is 7.67. The lowest BCUT2D eigenvalue weighted by Gasteiger charge is -2.13. The third-order valence-corrected chi connectivity index (χ3v) is 5.59. The maximum Gasteiger partial charge on any atom is 0.221 e. The van der Waals surface area contributed by atoms with Gasteiger partial charge in [0, 0.05) is 35.3 Å². The van der Waals surface area contributed by atoms with Gasteiger partial charge in [0.1, 0.15) is 11.4 Å². The second kappa shape index (κ2) is 9.16. The summed E-state index contributed by atoms with van der Waals surface area (Å²) < 4.78 is 12.5. The van der Waals surface area contributed by atoms with Crippen LogP contribution in [-0.4, -0.2) is 35.5 Å². The number of carbonyl (C=O) groups excluding carboxylic acids is 2. The van der Waals surface area contributed by atoms with Crippen molar-refractivity contribution in [3.05, 3.63) is 83.0 Å². The van der Waals surface area contributed by atoms with Crippen LogP contribution in [0.1, 0.15) is 34.1 Å². The van der Waals surface area contributed by atoms with Gasteiger partial charge in [-0.2, -0.15) is 4.98 Å². The van der Waals surface area contributed by atoms with E-state index in [-0.39, 0.29) is 11.7 Å². The highest BCUT2D eigenvalue weighted by atomic mass is 16.5. The highest BCUT2D eigenvalue weighted by molar-refractivity contribution is 6.17. The molecule has 7 heteroatoms. The van der Waals surface area contributed by atoms with E-state index in [4.69, 9.17) is 9.47 Å². The summed E-state index contributed by atoms with van der Waals surface area (Å²) in [6.45, 7) is 3.81. The summed E-state index contributed by atoms with van der Waals surface area (Å²) in [4.78, 5) is 29.9. The molecule has 33 heavy (non-hydrogen) atoms. The minimum Gasteiger partial charge on any atom is -0.497 e. The molecule has 0 saturated carbocycles. The number of carbonyl (C=O) groups is 2. The summed E-state index contributed by atoms with van der Waals surface area (Å²) in [5.41, 5.74) is 4.19. The molecule has 1 N–H and O–H groups in total. The predicted octanol–water partition coefficient (Wildman–Crippen LogP) is 4.60. The van der Waals surface area contributed by atoms with E-state index in [1.165, 1.54) is 6.92 Å². The van der Waals surface area contributed by atoms with E-state index in [1.54, 1.807) is 44.6 Å². The summed E-state index contributed by atoms with van der Waals surface area (Å²) in [7, 11) is 3.15. The Morgan fingerprint density at radius 3 is 2.36 bits per heavy atom. The highest BCUT2D eigenvalue weighted by Gasteiger charge is 2.23. The highest BCUT2D eigenvalue weighted by Crippen LogP contribution is 2.31. The van der Waals surface area contributed by atoms with Gasteiger partial charge in [-0.3, -0.25) is 9.59 Å². The van der Waals surface area contributed by atoms with Gasteiger partial charge in [-0.25, -0.2) is 0 Å². The minimum absolute atomic E-state index is 0.0963. The molecule has 0 bridgehead atoms. The molecule has 0 fully saturated rings. The zero-order chi connectivity index (χ0) is 23.5. The van der Waals surface area contributed by atoms with Crippen LogP contribution in [0.25, 0.3) is 11.0 Å². The molecule has 4 rings (SSSR count). The Morgan fingerprint density at radius 1 is 0.970 bits per heavy atom. The van der Waals surface area contributed by atoms with E-state index >= 15 is 0 Å². The molecule has 0 aliphatic heterocycles. The largest absolute Gasteiger partial charge is 0.497 e. The minimum atomic E-state index is -0.147. The Bertz CT molecular complexity index is 1340. The van der Waals surface area contributed by atoms with Crippen molar-refractivity contribution in [2.75, 3.05) is 19.5 Å². The van der Waals surface area contributed by atoms with Crippen LogP contribution in [-0.2, 0) is 11.3 Å². The summed E-state index contributed by atoms with van der Waals surface area (Å²) in [6.07, 6.45) is 0. The first-order valence-electron chi connectivity index (χ1n) is 10.5. The van der Waals surface area contributed by atoms with Gasteiger partial charge in [0.2, 0.25) is 11.8 Å². The molecular weight excluding hydrogens is 418 g/mol. The van der Waals surface area contributed by atoms with Crippen LogP contribution < -0.4 is 14.8 Å². The topological polar surface area (TPSA) is 82.5 Å². The van der Waals surface area contributed by atoms with Crippen molar-refractivity contribution in [1.82, 2.24) is 9.55 Å². The quantitative estimate of drug-likeness (QED) is 0.422. The molecule has 0 radical (unpaired) electrons. The second-order valence-corrected chi connectivity index (χ2v) is 7.67. The van der Waals surface area contributed by atoms with E-state index in [0.717, 1.165) is 22.3 Å². The molecule has 2 aromatic carbocycles. The number of para-hydroxylation sites is 1. The molecule has 168 valence electrons. The first kappa shape index (κ1) is 22.1. The van der Waals surface area contributed by atoms with Crippen LogP contribution in [0, 0.1) is 6.92 Å². The number of hydrogen-bond acceptors (Lipinski definition) is 5. The molecule has 0 aliphatic rings. The van der Waals surface area contributed by atoms with Crippen molar-refractivity contribution in [2.24, 2.45) is 0 Å². The number of amides is 1. The Kier molecular flexibility index (Phi) is 6.13. The smallest absolute Gasteiger partial charge is 0.221 e. The van der Waals surface area contributed by atoms with Crippen LogP contribution in [0.3, 0.4) is 0 Å². The van der Waals surface area contributed by atoms with Crippen LogP contribution >= 0.6 is 0 Å². The van der Waals surface area contributed by atoms with Crippen LogP contribution in [0.2, 0.25) is 0 Å². The third kappa shape index (κ3) is 4.30. The predicted molar refractivity (Wildman–Crippen MR) is 127 cm³/mol. The van der Waals surface area contributed by atoms with Gasteiger partial charge < -0.3 is 19.4 Å². The monoisotopic (exact) mass is 443 g/mol. The fourth-order valence-electron chi connectivity index (χ4n) is 3.94. The first-order chi connectivity index (χ1) is 15.9. The van der Waals surface area contributed by atoms with Gasteiger partial charge in [-0.15, -0.1) is 0 Å². The number of pyridine rings is 1. The van der Waals surface area contributed by atoms with Gasteiger partial charge in [0.15, 0.2) is 5.78 Å². The number of aromatic nitrogens is 2. The van der Waals surface area contributed by atoms with Crippen molar-refractivity contribution in [3.8, 4) is 11.6 Å². The van der Waals surface area contributed by atoms with Crippen LogP contribution in [0.5, 0.6) is 11.6 Å². The maximum absolute atomic E-state index is 13.5. The third-order valence-electron chi connectivity index (χ3n) is 5.59. The molecule has 0 unspecified atom stereocenters. The Morgan fingerprint density at radius 2 is 1.70 bits per heavy atom. The number of anilines is 1. The zero-order valence-electron chi connectivity index (χ0n) is 19.0. The molecule has 0 aliphatic carbocycles. The van der Waals surface area contributed by atoms with E-state index in [9.17, 15) is 9.59 Å². The molecule has 7 nitrogen and oxygen atoms in total. The lowest BCUT2D eigenvalue weighted by molar-refractivity contribution is -0.114. The number of ether oxygens (including phenoxy) is 2. The average molecular weight is 444 g/mol. The summed E-state index contributed by atoms with van der Waals surface area (Å²) in [5, 5.41) is 3.62. The fourth-order valence-corrected chi connectivity index (χ4v) is 3.94. The van der Waals surface area contributed by atoms with E-state index in [2.05, 4.69) is 10.3 Å². The number of hydrogen-bond donors (Lipinski definition) is 1. The van der Waals surface area contributed by atoms with E-state index in [1.807, 2.05) is 41.8 Å². The van der Waals surface area contributed by atoms with Gasteiger partial charge in [0.05, 0.1) is 26.3 Å². The van der Waals surface area contributed by atoms with Crippen molar-refractivity contribution in [3.63, 3.8) is 0 Å². The normalized spacial score (nSPS) is 10.8. The Labute approximate surface area is 192 Å².